The van der Waals surface area contributed by atoms with Gasteiger partial charge in [-0.25, -0.2) is 0 Å². The lowest BCUT2D eigenvalue weighted by Gasteiger charge is -2.23. The van der Waals surface area contributed by atoms with Gasteiger partial charge in [-0.05, 0) is 44.5 Å². The number of nitrogens with zero attached hydrogens (tertiary/aromatic N) is 1. The number of rotatable bonds is 3. The molecule has 1 nitrogen and oxygen atoms in total. The van der Waals surface area contributed by atoms with Crippen molar-refractivity contribution in [3.8, 4) is 0 Å². The van der Waals surface area contributed by atoms with Gasteiger partial charge in [-0.1, -0.05) is 42.0 Å². The molecule has 19 heavy (non-hydrogen) atoms. The van der Waals surface area contributed by atoms with Gasteiger partial charge in [-0.3, -0.25) is 0 Å². The van der Waals surface area contributed by atoms with Crippen LogP contribution in [0.1, 0.15) is 22.3 Å². The van der Waals surface area contributed by atoms with Gasteiger partial charge in [0.2, 0.25) is 0 Å². The quantitative estimate of drug-likeness (QED) is 0.763. The number of hydrogen-bond donors (Lipinski definition) is 0. The predicted octanol–water partition coefficient (Wildman–Crippen LogP) is 4.72. The minimum atomic E-state index is 1.03. The maximum Gasteiger partial charge on any atom is 0.0411 e. The SMILES string of the molecule is C=C(c1cc(C)ccc1C)N(C)c1ccc(C)cc1. The monoisotopic (exact) mass is 251 g/mol. The van der Waals surface area contributed by atoms with E-state index >= 15 is 0 Å². The number of benzene rings is 2. The van der Waals surface area contributed by atoms with E-state index in [4.69, 9.17) is 0 Å². The highest BCUT2D eigenvalue weighted by atomic mass is 15.1. The Bertz CT molecular complexity index is 594. The maximum atomic E-state index is 4.25. The van der Waals surface area contributed by atoms with Gasteiger partial charge < -0.3 is 4.90 Å². The molecule has 0 fully saturated rings. The minimum Gasteiger partial charge on any atom is -0.345 e. The summed E-state index contributed by atoms with van der Waals surface area (Å²) >= 11 is 0. The van der Waals surface area contributed by atoms with Crippen molar-refractivity contribution in [2.24, 2.45) is 0 Å². The molecular weight excluding hydrogens is 230 g/mol. The summed E-state index contributed by atoms with van der Waals surface area (Å²) in [5.41, 5.74) is 7.20. The van der Waals surface area contributed by atoms with E-state index in [2.05, 4.69) is 81.8 Å². The standard InChI is InChI=1S/C18H21N/c1-13-7-10-17(11-8-13)19(5)16(4)18-12-14(2)6-9-15(18)3/h6-12H,4H2,1-3,5H3. The van der Waals surface area contributed by atoms with E-state index in [1.165, 1.54) is 22.3 Å². The molecule has 0 aromatic heterocycles. The second kappa shape index (κ2) is 5.31. The van der Waals surface area contributed by atoms with Crippen LogP contribution in [-0.4, -0.2) is 7.05 Å². The topological polar surface area (TPSA) is 3.24 Å². The zero-order valence-corrected chi connectivity index (χ0v) is 12.2. The summed E-state index contributed by atoms with van der Waals surface area (Å²) < 4.78 is 0. The van der Waals surface area contributed by atoms with E-state index < -0.39 is 0 Å². The van der Waals surface area contributed by atoms with Gasteiger partial charge in [0.15, 0.2) is 0 Å². The Labute approximate surface area is 116 Å². The second-order valence-electron chi connectivity index (χ2n) is 5.16. The average Bonchev–Trinajstić information content (AvgIpc) is 2.41. The Balaban J connectivity index is 2.33. The van der Waals surface area contributed by atoms with Crippen LogP contribution in [-0.2, 0) is 0 Å². The van der Waals surface area contributed by atoms with Gasteiger partial charge in [0.05, 0.1) is 0 Å². The summed E-state index contributed by atoms with van der Waals surface area (Å²) in [6.45, 7) is 10.6. The first-order valence-corrected chi connectivity index (χ1v) is 6.56. The number of aryl methyl sites for hydroxylation is 3. The van der Waals surface area contributed by atoms with E-state index in [1.54, 1.807) is 0 Å². The van der Waals surface area contributed by atoms with Crippen molar-refractivity contribution >= 4 is 11.4 Å². The molecule has 0 radical (unpaired) electrons. The highest BCUT2D eigenvalue weighted by Crippen LogP contribution is 2.26. The highest BCUT2D eigenvalue weighted by Gasteiger charge is 2.09. The third-order valence-corrected chi connectivity index (χ3v) is 3.53. The third kappa shape index (κ3) is 2.87. The molecule has 98 valence electrons. The molecule has 0 heterocycles. The van der Waals surface area contributed by atoms with Crippen molar-refractivity contribution in [3.63, 3.8) is 0 Å². The molecule has 0 saturated heterocycles. The Morgan fingerprint density at radius 2 is 1.47 bits per heavy atom. The van der Waals surface area contributed by atoms with E-state index in [9.17, 15) is 0 Å². The van der Waals surface area contributed by atoms with Crippen molar-refractivity contribution in [2.45, 2.75) is 20.8 Å². The Morgan fingerprint density at radius 1 is 0.895 bits per heavy atom. The van der Waals surface area contributed by atoms with Gasteiger partial charge in [0.25, 0.3) is 0 Å². The fourth-order valence-corrected chi connectivity index (χ4v) is 2.15. The maximum absolute atomic E-state index is 4.25. The van der Waals surface area contributed by atoms with Gasteiger partial charge in [0.1, 0.15) is 0 Å². The molecular formula is C18H21N. The molecule has 0 unspecified atom stereocenters. The van der Waals surface area contributed by atoms with E-state index in [1.807, 2.05) is 0 Å². The second-order valence-corrected chi connectivity index (χ2v) is 5.16. The van der Waals surface area contributed by atoms with Gasteiger partial charge in [0, 0.05) is 24.0 Å². The lowest BCUT2D eigenvalue weighted by Crippen LogP contribution is -2.15. The van der Waals surface area contributed by atoms with Crippen molar-refractivity contribution in [3.05, 3.63) is 71.3 Å². The van der Waals surface area contributed by atoms with Crippen LogP contribution >= 0.6 is 0 Å². The molecule has 2 aromatic carbocycles. The molecule has 0 saturated carbocycles. The highest BCUT2D eigenvalue weighted by molar-refractivity contribution is 5.79. The van der Waals surface area contributed by atoms with Crippen molar-refractivity contribution in [2.75, 3.05) is 11.9 Å². The molecule has 0 atom stereocenters. The average molecular weight is 251 g/mol. The summed E-state index contributed by atoms with van der Waals surface area (Å²) in [5, 5.41) is 0. The molecule has 0 aliphatic rings. The minimum absolute atomic E-state index is 1.03. The van der Waals surface area contributed by atoms with Crippen molar-refractivity contribution < 1.29 is 0 Å². The summed E-state index contributed by atoms with van der Waals surface area (Å²) in [6.07, 6.45) is 0. The molecule has 1 heteroatoms. The van der Waals surface area contributed by atoms with Crippen LogP contribution in [0.15, 0.2) is 49.0 Å². The van der Waals surface area contributed by atoms with Crippen LogP contribution in [0.25, 0.3) is 5.70 Å². The summed E-state index contributed by atoms with van der Waals surface area (Å²) in [5.74, 6) is 0. The van der Waals surface area contributed by atoms with Crippen LogP contribution in [0.4, 0.5) is 5.69 Å². The fourth-order valence-electron chi connectivity index (χ4n) is 2.15. The van der Waals surface area contributed by atoms with E-state index in [0.29, 0.717) is 0 Å². The molecule has 0 bridgehead atoms. The number of anilines is 1. The molecule has 0 spiro atoms. The third-order valence-electron chi connectivity index (χ3n) is 3.53. The van der Waals surface area contributed by atoms with Gasteiger partial charge >= 0.3 is 0 Å². The predicted molar refractivity (Wildman–Crippen MR) is 84.5 cm³/mol. The summed E-state index contributed by atoms with van der Waals surface area (Å²) in [6, 6.07) is 15.0. The Kier molecular flexibility index (Phi) is 3.75. The van der Waals surface area contributed by atoms with Gasteiger partial charge in [-0.15, -0.1) is 0 Å². The van der Waals surface area contributed by atoms with Crippen molar-refractivity contribution in [1.82, 2.24) is 0 Å². The molecule has 0 aliphatic carbocycles. The lowest BCUT2D eigenvalue weighted by molar-refractivity contribution is 1.20. The van der Waals surface area contributed by atoms with Crippen molar-refractivity contribution in [1.29, 1.82) is 0 Å². The van der Waals surface area contributed by atoms with Crippen LogP contribution in [0.3, 0.4) is 0 Å². The van der Waals surface area contributed by atoms with E-state index in [0.717, 1.165) is 11.4 Å². The van der Waals surface area contributed by atoms with Crippen LogP contribution in [0.5, 0.6) is 0 Å². The van der Waals surface area contributed by atoms with Crippen LogP contribution < -0.4 is 4.90 Å². The van der Waals surface area contributed by atoms with Crippen LogP contribution in [0.2, 0.25) is 0 Å². The molecule has 2 rings (SSSR count). The largest absolute Gasteiger partial charge is 0.345 e. The summed E-state index contributed by atoms with van der Waals surface area (Å²) in [4.78, 5) is 2.14. The summed E-state index contributed by atoms with van der Waals surface area (Å²) in [7, 11) is 2.06. The molecule has 0 aliphatic heterocycles. The smallest absolute Gasteiger partial charge is 0.0411 e. The zero-order chi connectivity index (χ0) is 14.0. The molecule has 2 aromatic rings. The zero-order valence-electron chi connectivity index (χ0n) is 12.2. The fraction of sp³-hybridized carbons (Fsp3) is 0.222. The number of hydrogen-bond acceptors (Lipinski definition) is 1. The Morgan fingerprint density at radius 3 is 2.11 bits per heavy atom. The van der Waals surface area contributed by atoms with Crippen LogP contribution in [0, 0.1) is 20.8 Å². The first kappa shape index (κ1) is 13.4. The first-order chi connectivity index (χ1) is 8.99. The molecule has 0 N–H and O–H groups in total. The normalized spacial score (nSPS) is 10.3. The lowest BCUT2D eigenvalue weighted by atomic mass is 10.0. The molecule has 0 amide bonds. The Hall–Kier alpha value is -2.02. The first-order valence-electron chi connectivity index (χ1n) is 6.56. The van der Waals surface area contributed by atoms with E-state index in [-0.39, 0.29) is 0 Å². The van der Waals surface area contributed by atoms with Gasteiger partial charge in [-0.2, -0.15) is 0 Å².